The van der Waals surface area contributed by atoms with Gasteiger partial charge in [-0.05, 0) is 19.3 Å². The Morgan fingerprint density at radius 3 is 2.38 bits per heavy atom. The molecule has 21 heavy (non-hydrogen) atoms. The highest BCUT2D eigenvalue weighted by Crippen LogP contribution is 2.04. The lowest BCUT2D eigenvalue weighted by molar-refractivity contribution is -0.141. The highest BCUT2D eigenvalue weighted by atomic mass is 16.5. The number of carbonyl (C=O) groups excluding carboxylic acids is 1. The van der Waals surface area contributed by atoms with Crippen LogP contribution in [0.4, 0.5) is 4.79 Å². The van der Waals surface area contributed by atoms with Crippen LogP contribution in [0.1, 0.15) is 26.2 Å². The Hall–Kier alpha value is -1.34. The monoisotopic (exact) mass is 304 g/mol. The second-order valence-electron chi connectivity index (χ2n) is 4.94. The lowest BCUT2D eigenvalue weighted by atomic mass is 10.1. The molecule has 0 aromatic rings. The first-order valence-electron chi connectivity index (χ1n) is 7.26. The fraction of sp³-hybridized carbons (Fsp3) is 0.857. The Labute approximate surface area is 126 Å². The average molecular weight is 304 g/mol. The van der Waals surface area contributed by atoms with Crippen LogP contribution in [0.5, 0.6) is 0 Å². The number of methoxy groups -OCH3 is 2. The van der Waals surface area contributed by atoms with Crippen LogP contribution in [0.3, 0.4) is 0 Å². The Morgan fingerprint density at radius 1 is 1.14 bits per heavy atom. The van der Waals surface area contributed by atoms with Gasteiger partial charge in [-0.25, -0.2) is 4.79 Å². The number of rotatable bonds is 12. The number of carbonyl (C=O) groups is 2. The summed E-state index contributed by atoms with van der Waals surface area (Å²) in [6, 6.07) is -0.147. The molecule has 0 saturated carbocycles. The topological polar surface area (TPSA) is 88.1 Å². The second-order valence-corrected chi connectivity index (χ2v) is 4.94. The maximum atomic E-state index is 12.0. The maximum Gasteiger partial charge on any atom is 0.317 e. The molecule has 0 aromatic heterocycles. The number of nitrogens with one attached hydrogen (secondary N) is 1. The number of hydrogen-bond donors (Lipinski definition) is 2. The predicted octanol–water partition coefficient (Wildman–Crippen LogP) is 1.18. The maximum absolute atomic E-state index is 12.0. The molecule has 0 aliphatic heterocycles. The zero-order valence-corrected chi connectivity index (χ0v) is 13.3. The molecule has 0 fully saturated rings. The van der Waals surface area contributed by atoms with Crippen LogP contribution in [-0.2, 0) is 14.3 Å². The summed E-state index contributed by atoms with van der Waals surface area (Å²) in [6.45, 7) is 4.36. The zero-order valence-electron chi connectivity index (χ0n) is 13.3. The summed E-state index contributed by atoms with van der Waals surface area (Å²) in [5.41, 5.74) is 0. The smallest absolute Gasteiger partial charge is 0.317 e. The van der Waals surface area contributed by atoms with E-state index in [2.05, 4.69) is 5.32 Å². The van der Waals surface area contributed by atoms with Gasteiger partial charge in [-0.1, -0.05) is 6.92 Å². The first kappa shape index (κ1) is 19.7. The Bertz CT molecular complexity index is 299. The largest absolute Gasteiger partial charge is 0.481 e. The molecule has 0 aliphatic rings. The van der Waals surface area contributed by atoms with Gasteiger partial charge in [0.1, 0.15) is 0 Å². The minimum Gasteiger partial charge on any atom is -0.481 e. The van der Waals surface area contributed by atoms with Crippen LogP contribution in [0.2, 0.25) is 0 Å². The molecule has 124 valence electrons. The van der Waals surface area contributed by atoms with Crippen molar-refractivity contribution in [2.24, 2.45) is 5.92 Å². The Balaban J connectivity index is 3.99. The van der Waals surface area contributed by atoms with Crippen LogP contribution >= 0.6 is 0 Å². The van der Waals surface area contributed by atoms with Crippen molar-refractivity contribution < 1.29 is 24.2 Å². The van der Waals surface area contributed by atoms with E-state index in [-0.39, 0.29) is 11.9 Å². The number of nitrogens with zero attached hydrogens (tertiary/aromatic N) is 1. The van der Waals surface area contributed by atoms with Gasteiger partial charge in [-0.3, -0.25) is 4.79 Å². The summed E-state index contributed by atoms with van der Waals surface area (Å²) in [4.78, 5) is 24.4. The summed E-state index contributed by atoms with van der Waals surface area (Å²) >= 11 is 0. The Morgan fingerprint density at radius 2 is 1.81 bits per heavy atom. The predicted molar refractivity (Wildman–Crippen MR) is 79.4 cm³/mol. The molecule has 0 bridgehead atoms. The van der Waals surface area contributed by atoms with Gasteiger partial charge in [-0.15, -0.1) is 0 Å². The molecule has 0 aliphatic carbocycles. The van der Waals surface area contributed by atoms with E-state index < -0.39 is 5.97 Å². The number of amides is 2. The van der Waals surface area contributed by atoms with Crippen LogP contribution in [0, 0.1) is 5.92 Å². The third-order valence-corrected chi connectivity index (χ3v) is 3.14. The van der Waals surface area contributed by atoms with E-state index in [9.17, 15) is 9.59 Å². The van der Waals surface area contributed by atoms with Gasteiger partial charge in [-0.2, -0.15) is 0 Å². The van der Waals surface area contributed by atoms with Crippen molar-refractivity contribution in [2.45, 2.75) is 26.2 Å². The van der Waals surface area contributed by atoms with Crippen molar-refractivity contribution >= 4 is 12.0 Å². The van der Waals surface area contributed by atoms with Gasteiger partial charge in [0.25, 0.3) is 0 Å². The van der Waals surface area contributed by atoms with Crippen molar-refractivity contribution in [1.29, 1.82) is 0 Å². The van der Waals surface area contributed by atoms with E-state index in [1.165, 1.54) is 0 Å². The normalized spacial score (nSPS) is 12.0. The number of carboxylic acid groups (broad SMARTS) is 1. The van der Waals surface area contributed by atoms with Crippen molar-refractivity contribution in [2.75, 3.05) is 47.1 Å². The molecule has 1 atom stereocenters. The van der Waals surface area contributed by atoms with Gasteiger partial charge in [0, 0.05) is 40.5 Å². The lowest BCUT2D eigenvalue weighted by Gasteiger charge is -2.22. The molecule has 0 radical (unpaired) electrons. The fourth-order valence-corrected chi connectivity index (χ4v) is 1.75. The van der Waals surface area contributed by atoms with Gasteiger partial charge in [0.15, 0.2) is 0 Å². The number of carboxylic acids is 1. The zero-order chi connectivity index (χ0) is 16.1. The van der Waals surface area contributed by atoms with E-state index >= 15 is 0 Å². The average Bonchev–Trinajstić information content (AvgIpc) is 2.46. The minimum absolute atomic E-state index is 0.147. The second kappa shape index (κ2) is 12.4. The van der Waals surface area contributed by atoms with Crippen LogP contribution < -0.4 is 5.32 Å². The van der Waals surface area contributed by atoms with E-state index in [1.807, 2.05) is 0 Å². The van der Waals surface area contributed by atoms with Gasteiger partial charge in [0.05, 0.1) is 12.5 Å². The van der Waals surface area contributed by atoms with Gasteiger partial charge in [0.2, 0.25) is 0 Å². The standard InChI is InChI=1S/C14H28N2O5/c1-12(13(17)18)6-4-7-15-14(19)16(9-11-21-3)8-5-10-20-2/h12H,4-11H2,1-3H3,(H,15,19)(H,17,18). The first-order chi connectivity index (χ1) is 10.0. The number of aliphatic carboxylic acids is 1. The van der Waals surface area contributed by atoms with E-state index in [0.717, 1.165) is 6.42 Å². The highest BCUT2D eigenvalue weighted by Gasteiger charge is 2.13. The molecular formula is C14H28N2O5. The number of ether oxygens (including phenoxy) is 2. The van der Waals surface area contributed by atoms with Crippen LogP contribution in [0.15, 0.2) is 0 Å². The summed E-state index contributed by atoms with van der Waals surface area (Å²) in [5, 5.41) is 11.6. The summed E-state index contributed by atoms with van der Waals surface area (Å²) < 4.78 is 9.97. The van der Waals surface area contributed by atoms with Crippen molar-refractivity contribution in [1.82, 2.24) is 10.2 Å². The molecule has 0 rings (SSSR count). The molecule has 0 heterocycles. The molecule has 7 heteroatoms. The SMILES string of the molecule is COCCCN(CCOC)C(=O)NCCCC(C)C(=O)O. The third-order valence-electron chi connectivity index (χ3n) is 3.14. The fourth-order valence-electron chi connectivity index (χ4n) is 1.75. The minimum atomic E-state index is -0.803. The highest BCUT2D eigenvalue weighted by molar-refractivity contribution is 5.74. The van der Waals surface area contributed by atoms with Gasteiger partial charge < -0.3 is 24.8 Å². The van der Waals surface area contributed by atoms with Crippen molar-refractivity contribution in [3.05, 3.63) is 0 Å². The van der Waals surface area contributed by atoms with Crippen molar-refractivity contribution in [3.8, 4) is 0 Å². The molecular weight excluding hydrogens is 276 g/mol. The van der Waals surface area contributed by atoms with E-state index in [4.69, 9.17) is 14.6 Å². The molecule has 2 N–H and O–H groups in total. The summed E-state index contributed by atoms with van der Waals surface area (Å²) in [7, 11) is 3.22. The molecule has 0 saturated heterocycles. The summed E-state index contributed by atoms with van der Waals surface area (Å²) in [5.74, 6) is -1.18. The van der Waals surface area contributed by atoms with E-state index in [1.54, 1.807) is 26.0 Å². The van der Waals surface area contributed by atoms with Gasteiger partial charge >= 0.3 is 12.0 Å². The number of urea groups is 1. The molecule has 0 aromatic carbocycles. The van der Waals surface area contributed by atoms with Crippen LogP contribution in [-0.4, -0.2) is 69.1 Å². The lowest BCUT2D eigenvalue weighted by Crippen LogP contribution is -2.42. The van der Waals surface area contributed by atoms with E-state index in [0.29, 0.717) is 45.7 Å². The summed E-state index contributed by atoms with van der Waals surface area (Å²) in [6.07, 6.45) is 1.97. The Kier molecular flexibility index (Phi) is 11.6. The quantitative estimate of drug-likeness (QED) is 0.529. The third kappa shape index (κ3) is 10.1. The molecule has 2 amide bonds. The molecule has 7 nitrogen and oxygen atoms in total. The van der Waals surface area contributed by atoms with Crippen LogP contribution in [0.25, 0.3) is 0 Å². The first-order valence-corrected chi connectivity index (χ1v) is 7.26. The molecule has 0 spiro atoms. The molecule has 1 unspecified atom stereocenters. The number of hydrogen-bond acceptors (Lipinski definition) is 4. The van der Waals surface area contributed by atoms with Crippen molar-refractivity contribution in [3.63, 3.8) is 0 Å².